The number of allylic oxidation sites excluding steroid dienone is 2. The van der Waals surface area contributed by atoms with Crippen LogP contribution in [0.25, 0.3) is 0 Å². The molecule has 4 atom stereocenters. The van der Waals surface area contributed by atoms with Crippen molar-refractivity contribution in [1.29, 1.82) is 0 Å². The molecule has 16 heavy (non-hydrogen) atoms. The third-order valence-electron chi connectivity index (χ3n) is 4.61. The van der Waals surface area contributed by atoms with E-state index in [2.05, 4.69) is 6.08 Å². The van der Waals surface area contributed by atoms with Crippen molar-refractivity contribution in [3.05, 3.63) is 12.2 Å². The molecular weight excluding hydrogens is 200 g/mol. The van der Waals surface area contributed by atoms with E-state index >= 15 is 0 Å². The zero-order valence-electron chi connectivity index (χ0n) is 9.52. The molecule has 86 valence electrons. The quantitative estimate of drug-likeness (QED) is 0.585. The molecule has 3 aliphatic carbocycles. The Morgan fingerprint density at radius 3 is 2.31 bits per heavy atom. The van der Waals surface area contributed by atoms with Crippen LogP contribution in [-0.2, 0) is 9.59 Å². The number of rotatable bonds is 0. The van der Waals surface area contributed by atoms with E-state index in [1.807, 2.05) is 6.08 Å². The Morgan fingerprint density at radius 1 is 0.875 bits per heavy atom. The first-order chi connectivity index (χ1) is 7.79. The third-order valence-corrected chi connectivity index (χ3v) is 4.61. The van der Waals surface area contributed by atoms with Crippen molar-refractivity contribution < 1.29 is 9.59 Å². The highest BCUT2D eigenvalue weighted by atomic mass is 16.1. The van der Waals surface area contributed by atoms with E-state index in [0.717, 1.165) is 38.5 Å². The summed E-state index contributed by atoms with van der Waals surface area (Å²) in [6.45, 7) is 0. The van der Waals surface area contributed by atoms with Gasteiger partial charge in [0.05, 0.1) is 0 Å². The molecule has 0 amide bonds. The molecule has 0 heterocycles. The summed E-state index contributed by atoms with van der Waals surface area (Å²) in [4.78, 5) is 24.7. The predicted octanol–water partition coefficient (Wildman–Crippen LogP) is 2.53. The van der Waals surface area contributed by atoms with Crippen molar-refractivity contribution in [1.82, 2.24) is 0 Å². The molecule has 0 spiro atoms. The molecule has 0 aromatic carbocycles. The lowest BCUT2D eigenvalue weighted by molar-refractivity contribution is -0.147. The monoisotopic (exact) mass is 218 g/mol. The predicted molar refractivity (Wildman–Crippen MR) is 60.8 cm³/mol. The molecule has 2 fully saturated rings. The maximum atomic E-state index is 12.4. The van der Waals surface area contributed by atoms with Crippen LogP contribution in [0.2, 0.25) is 0 Å². The second-order valence-corrected chi connectivity index (χ2v) is 5.44. The minimum Gasteiger partial charge on any atom is -0.299 e. The summed E-state index contributed by atoms with van der Waals surface area (Å²) in [7, 11) is 0. The van der Waals surface area contributed by atoms with Crippen LogP contribution in [0.3, 0.4) is 0 Å². The van der Waals surface area contributed by atoms with Crippen LogP contribution in [0.4, 0.5) is 0 Å². The minimum atomic E-state index is -0.0689. The van der Waals surface area contributed by atoms with Crippen LogP contribution in [0.15, 0.2) is 12.2 Å². The summed E-state index contributed by atoms with van der Waals surface area (Å²) in [5, 5.41) is 0. The number of fused-ring (bicyclic) bond motifs is 2. The molecule has 0 aliphatic heterocycles. The van der Waals surface area contributed by atoms with Crippen molar-refractivity contribution in [3.63, 3.8) is 0 Å². The first-order valence-electron chi connectivity index (χ1n) is 6.53. The smallest absolute Gasteiger partial charge is 0.144 e. The van der Waals surface area contributed by atoms with E-state index in [4.69, 9.17) is 0 Å². The van der Waals surface area contributed by atoms with Gasteiger partial charge in [0.25, 0.3) is 0 Å². The van der Waals surface area contributed by atoms with Crippen molar-refractivity contribution >= 4 is 11.6 Å². The van der Waals surface area contributed by atoms with Crippen molar-refractivity contribution in [2.75, 3.05) is 0 Å². The van der Waals surface area contributed by atoms with Gasteiger partial charge >= 0.3 is 0 Å². The maximum absolute atomic E-state index is 12.4. The zero-order valence-corrected chi connectivity index (χ0v) is 9.52. The van der Waals surface area contributed by atoms with E-state index < -0.39 is 0 Å². The van der Waals surface area contributed by atoms with Crippen LogP contribution < -0.4 is 0 Å². The lowest BCUT2D eigenvalue weighted by atomic mass is 9.60. The second-order valence-electron chi connectivity index (χ2n) is 5.44. The summed E-state index contributed by atoms with van der Waals surface area (Å²) in [6, 6.07) is 0. The van der Waals surface area contributed by atoms with Crippen LogP contribution in [0.1, 0.15) is 38.5 Å². The Kier molecular flexibility index (Phi) is 2.45. The Balaban J connectivity index is 1.94. The Bertz CT molecular complexity index is 356. The van der Waals surface area contributed by atoms with Gasteiger partial charge in [0.15, 0.2) is 0 Å². The lowest BCUT2D eigenvalue weighted by Gasteiger charge is -2.41. The highest BCUT2D eigenvalue weighted by molar-refractivity contribution is 6.00. The molecule has 0 radical (unpaired) electrons. The van der Waals surface area contributed by atoms with Crippen molar-refractivity contribution in [2.45, 2.75) is 38.5 Å². The Hall–Kier alpha value is -0.920. The van der Waals surface area contributed by atoms with Gasteiger partial charge < -0.3 is 0 Å². The molecule has 3 aliphatic rings. The number of carbonyl (C=O) groups excluding carboxylic acids is 2. The highest BCUT2D eigenvalue weighted by Crippen LogP contribution is 2.44. The van der Waals surface area contributed by atoms with Crippen LogP contribution in [0, 0.1) is 23.7 Å². The fourth-order valence-corrected chi connectivity index (χ4v) is 3.78. The average molecular weight is 218 g/mol. The molecule has 0 bridgehead atoms. The van der Waals surface area contributed by atoms with E-state index in [-0.39, 0.29) is 23.7 Å². The first kappa shape index (κ1) is 10.2. The van der Waals surface area contributed by atoms with E-state index in [0.29, 0.717) is 11.6 Å². The molecule has 0 saturated heterocycles. The van der Waals surface area contributed by atoms with Gasteiger partial charge in [0.2, 0.25) is 0 Å². The maximum Gasteiger partial charge on any atom is 0.144 e. The number of hydrogen-bond acceptors (Lipinski definition) is 2. The van der Waals surface area contributed by atoms with Crippen LogP contribution in [-0.4, -0.2) is 11.6 Å². The van der Waals surface area contributed by atoms with Gasteiger partial charge in [-0.25, -0.2) is 0 Å². The molecular formula is C14H18O2. The number of carbonyl (C=O) groups is 2. The molecule has 4 unspecified atom stereocenters. The summed E-state index contributed by atoms with van der Waals surface area (Å²) in [5.74, 6) is 0.862. The lowest BCUT2D eigenvalue weighted by Crippen LogP contribution is -2.48. The normalized spacial score (nSPS) is 42.8. The summed E-state index contributed by atoms with van der Waals surface area (Å²) in [5.41, 5.74) is 0. The molecule has 3 rings (SSSR count). The van der Waals surface area contributed by atoms with Crippen molar-refractivity contribution in [2.24, 2.45) is 23.7 Å². The number of Topliss-reactive ketones (excluding diaryl/α,β-unsaturated/α-hetero) is 2. The molecule has 0 aromatic rings. The van der Waals surface area contributed by atoms with Gasteiger partial charge in [-0.3, -0.25) is 9.59 Å². The van der Waals surface area contributed by atoms with Gasteiger partial charge in [-0.15, -0.1) is 0 Å². The summed E-state index contributed by atoms with van der Waals surface area (Å²) in [6.07, 6.45) is 10.1. The highest BCUT2D eigenvalue weighted by Gasteiger charge is 2.48. The van der Waals surface area contributed by atoms with E-state index in [1.165, 1.54) is 0 Å². The second kappa shape index (κ2) is 3.83. The Labute approximate surface area is 96.1 Å². The fraction of sp³-hybridized carbons (Fsp3) is 0.714. The SMILES string of the molecule is O=C1C2C=CCCC2C(=O)C2CCCCC12. The van der Waals surface area contributed by atoms with Gasteiger partial charge in [0, 0.05) is 23.7 Å². The third kappa shape index (κ3) is 1.39. The Morgan fingerprint density at radius 2 is 1.56 bits per heavy atom. The minimum absolute atomic E-state index is 0.0249. The topological polar surface area (TPSA) is 34.1 Å². The van der Waals surface area contributed by atoms with E-state index in [1.54, 1.807) is 0 Å². The molecule has 2 heteroatoms. The van der Waals surface area contributed by atoms with Gasteiger partial charge in [-0.2, -0.15) is 0 Å². The largest absolute Gasteiger partial charge is 0.299 e. The number of ketones is 2. The van der Waals surface area contributed by atoms with Crippen LogP contribution in [0.5, 0.6) is 0 Å². The van der Waals surface area contributed by atoms with E-state index in [9.17, 15) is 9.59 Å². The zero-order chi connectivity index (χ0) is 11.1. The van der Waals surface area contributed by atoms with Gasteiger partial charge in [0.1, 0.15) is 11.6 Å². The molecule has 2 saturated carbocycles. The molecule has 0 N–H and O–H groups in total. The van der Waals surface area contributed by atoms with Crippen molar-refractivity contribution in [3.8, 4) is 0 Å². The fourth-order valence-electron chi connectivity index (χ4n) is 3.78. The first-order valence-corrected chi connectivity index (χ1v) is 6.53. The van der Waals surface area contributed by atoms with Gasteiger partial charge in [-0.05, 0) is 25.7 Å². The van der Waals surface area contributed by atoms with Gasteiger partial charge in [-0.1, -0.05) is 25.0 Å². The molecule has 2 nitrogen and oxygen atoms in total. The average Bonchev–Trinajstić information content (AvgIpc) is 2.36. The number of hydrogen-bond donors (Lipinski definition) is 0. The molecule has 0 aromatic heterocycles. The summed E-state index contributed by atoms with van der Waals surface area (Å²) >= 11 is 0. The summed E-state index contributed by atoms with van der Waals surface area (Å²) < 4.78 is 0. The standard InChI is InChI=1S/C14H18O2/c15-13-9-5-1-2-6-10(9)14(16)12-8-4-3-7-11(12)13/h1,5,9-12H,2-4,6-8H2. The van der Waals surface area contributed by atoms with Crippen LogP contribution >= 0.6 is 0 Å².